The summed E-state index contributed by atoms with van der Waals surface area (Å²) in [5, 5.41) is 0. The standard InChI is InChI=1S/C19H34N2O2/c1-5-9-10-11-12-13-14-16-19(15-6-2,17(20)22)18(23)21(7-3)8-4/h6,13-14H,2,5,7-12,15-16H2,1,3-4H3,(H2,20,22). The minimum absolute atomic E-state index is 0.189. The third-order valence-corrected chi connectivity index (χ3v) is 4.28. The van der Waals surface area contributed by atoms with E-state index in [0.717, 1.165) is 12.8 Å². The fourth-order valence-electron chi connectivity index (χ4n) is 2.72. The van der Waals surface area contributed by atoms with Crippen LogP contribution in [0.2, 0.25) is 0 Å². The number of allylic oxidation sites excluding steroid dienone is 3. The van der Waals surface area contributed by atoms with Crippen molar-refractivity contribution in [3.05, 3.63) is 24.8 Å². The van der Waals surface area contributed by atoms with Crippen LogP contribution in [0.5, 0.6) is 0 Å². The molecule has 0 heterocycles. The molecular weight excluding hydrogens is 288 g/mol. The van der Waals surface area contributed by atoms with E-state index < -0.39 is 11.3 Å². The van der Waals surface area contributed by atoms with E-state index in [0.29, 0.717) is 19.5 Å². The number of carbonyl (C=O) groups excluding carboxylic acids is 2. The molecule has 0 saturated heterocycles. The molecule has 0 fully saturated rings. The summed E-state index contributed by atoms with van der Waals surface area (Å²) in [6, 6.07) is 0. The van der Waals surface area contributed by atoms with Crippen molar-refractivity contribution in [2.24, 2.45) is 11.1 Å². The highest BCUT2D eigenvalue weighted by Gasteiger charge is 2.44. The molecule has 2 N–H and O–H groups in total. The molecule has 2 amide bonds. The summed E-state index contributed by atoms with van der Waals surface area (Å²) in [7, 11) is 0. The minimum atomic E-state index is -1.20. The van der Waals surface area contributed by atoms with Gasteiger partial charge in [0, 0.05) is 13.1 Å². The molecule has 1 unspecified atom stereocenters. The zero-order valence-corrected chi connectivity index (χ0v) is 15.1. The van der Waals surface area contributed by atoms with Crippen molar-refractivity contribution in [1.82, 2.24) is 4.90 Å². The third-order valence-electron chi connectivity index (χ3n) is 4.28. The lowest BCUT2D eigenvalue weighted by Gasteiger charge is -2.32. The monoisotopic (exact) mass is 322 g/mol. The van der Waals surface area contributed by atoms with Crippen molar-refractivity contribution in [2.75, 3.05) is 13.1 Å². The minimum Gasteiger partial charge on any atom is -0.369 e. The number of amides is 2. The first kappa shape index (κ1) is 21.4. The number of rotatable bonds is 13. The number of hydrogen-bond donors (Lipinski definition) is 1. The molecule has 0 aliphatic rings. The van der Waals surface area contributed by atoms with Crippen LogP contribution in [0.25, 0.3) is 0 Å². The maximum absolute atomic E-state index is 12.8. The molecule has 0 radical (unpaired) electrons. The first-order valence-electron chi connectivity index (χ1n) is 8.85. The molecule has 4 nitrogen and oxygen atoms in total. The van der Waals surface area contributed by atoms with Crippen LogP contribution in [0.4, 0.5) is 0 Å². The van der Waals surface area contributed by atoms with E-state index in [2.05, 4.69) is 19.6 Å². The summed E-state index contributed by atoms with van der Waals surface area (Å²) in [6.07, 6.45) is 12.0. The predicted octanol–water partition coefficient (Wildman–Crippen LogP) is 3.82. The maximum Gasteiger partial charge on any atom is 0.238 e. The highest BCUT2D eigenvalue weighted by Crippen LogP contribution is 2.30. The van der Waals surface area contributed by atoms with Crippen LogP contribution in [-0.4, -0.2) is 29.8 Å². The van der Waals surface area contributed by atoms with Gasteiger partial charge in [-0.2, -0.15) is 0 Å². The Kier molecular flexibility index (Phi) is 11.1. The van der Waals surface area contributed by atoms with Crippen LogP contribution in [0.3, 0.4) is 0 Å². The van der Waals surface area contributed by atoms with Gasteiger partial charge in [0.2, 0.25) is 11.8 Å². The molecular formula is C19H34N2O2. The van der Waals surface area contributed by atoms with Crippen LogP contribution in [0, 0.1) is 5.41 Å². The van der Waals surface area contributed by atoms with Crippen LogP contribution < -0.4 is 5.73 Å². The van der Waals surface area contributed by atoms with Gasteiger partial charge in [-0.15, -0.1) is 6.58 Å². The lowest BCUT2D eigenvalue weighted by atomic mass is 9.78. The van der Waals surface area contributed by atoms with E-state index in [-0.39, 0.29) is 12.3 Å². The Morgan fingerprint density at radius 1 is 1.04 bits per heavy atom. The van der Waals surface area contributed by atoms with E-state index in [9.17, 15) is 9.59 Å². The first-order valence-corrected chi connectivity index (χ1v) is 8.85. The second kappa shape index (κ2) is 11.9. The molecule has 0 aromatic rings. The number of carbonyl (C=O) groups is 2. The van der Waals surface area contributed by atoms with Crippen molar-refractivity contribution >= 4 is 11.8 Å². The van der Waals surface area contributed by atoms with Crippen molar-refractivity contribution in [1.29, 1.82) is 0 Å². The zero-order chi connectivity index (χ0) is 17.7. The van der Waals surface area contributed by atoms with Crippen molar-refractivity contribution in [3.63, 3.8) is 0 Å². The number of unbranched alkanes of at least 4 members (excludes halogenated alkanes) is 4. The Labute approximate surface area is 141 Å². The van der Waals surface area contributed by atoms with Crippen LogP contribution in [0.1, 0.15) is 65.7 Å². The smallest absolute Gasteiger partial charge is 0.238 e. The van der Waals surface area contributed by atoms with Gasteiger partial charge >= 0.3 is 0 Å². The summed E-state index contributed by atoms with van der Waals surface area (Å²) < 4.78 is 0. The van der Waals surface area contributed by atoms with Gasteiger partial charge < -0.3 is 10.6 Å². The number of nitrogens with two attached hydrogens (primary N) is 1. The van der Waals surface area contributed by atoms with E-state index in [1.54, 1.807) is 11.0 Å². The summed E-state index contributed by atoms with van der Waals surface area (Å²) in [5.41, 5.74) is 4.42. The van der Waals surface area contributed by atoms with Gasteiger partial charge in [-0.1, -0.05) is 44.4 Å². The fourth-order valence-corrected chi connectivity index (χ4v) is 2.72. The molecule has 0 saturated carbocycles. The lowest BCUT2D eigenvalue weighted by Crippen LogP contribution is -2.51. The molecule has 132 valence electrons. The average Bonchev–Trinajstić information content (AvgIpc) is 2.53. The topological polar surface area (TPSA) is 63.4 Å². The van der Waals surface area contributed by atoms with Crippen molar-refractivity contribution < 1.29 is 9.59 Å². The van der Waals surface area contributed by atoms with Gasteiger partial charge in [0.25, 0.3) is 0 Å². The quantitative estimate of drug-likeness (QED) is 0.318. The molecule has 0 aromatic heterocycles. The highest BCUT2D eigenvalue weighted by molar-refractivity contribution is 6.04. The Balaban J connectivity index is 4.99. The van der Waals surface area contributed by atoms with Crippen molar-refractivity contribution in [2.45, 2.75) is 65.7 Å². The Morgan fingerprint density at radius 3 is 2.17 bits per heavy atom. The lowest BCUT2D eigenvalue weighted by molar-refractivity contribution is -0.148. The van der Waals surface area contributed by atoms with Gasteiger partial charge in [0.15, 0.2) is 0 Å². The molecule has 23 heavy (non-hydrogen) atoms. The second-order valence-electron chi connectivity index (χ2n) is 5.94. The van der Waals surface area contributed by atoms with E-state index in [1.807, 2.05) is 19.9 Å². The largest absolute Gasteiger partial charge is 0.369 e. The maximum atomic E-state index is 12.8. The van der Waals surface area contributed by atoms with E-state index in [1.165, 1.54) is 19.3 Å². The molecule has 0 spiro atoms. The van der Waals surface area contributed by atoms with Crippen LogP contribution >= 0.6 is 0 Å². The average molecular weight is 322 g/mol. The van der Waals surface area contributed by atoms with E-state index in [4.69, 9.17) is 5.73 Å². The molecule has 0 aromatic carbocycles. The molecule has 0 aliphatic heterocycles. The molecule has 1 atom stereocenters. The SMILES string of the molecule is C=CCC(CC=CCCCCCC)(C(N)=O)C(=O)N(CC)CC. The Hall–Kier alpha value is -1.58. The summed E-state index contributed by atoms with van der Waals surface area (Å²) in [5.74, 6) is -0.754. The highest BCUT2D eigenvalue weighted by atomic mass is 16.2. The van der Waals surface area contributed by atoms with Gasteiger partial charge in [-0.25, -0.2) is 0 Å². The number of primary amides is 1. The third kappa shape index (κ3) is 6.59. The Bertz CT molecular complexity index is 400. The molecule has 0 bridgehead atoms. The Morgan fingerprint density at radius 2 is 1.70 bits per heavy atom. The van der Waals surface area contributed by atoms with Gasteiger partial charge in [0.05, 0.1) is 0 Å². The molecule has 4 heteroatoms. The first-order chi connectivity index (χ1) is 11.0. The summed E-state index contributed by atoms with van der Waals surface area (Å²) in [4.78, 5) is 26.6. The van der Waals surface area contributed by atoms with E-state index >= 15 is 0 Å². The van der Waals surface area contributed by atoms with Crippen LogP contribution in [0.15, 0.2) is 24.8 Å². The number of nitrogens with zero attached hydrogens (tertiary/aromatic N) is 1. The second-order valence-corrected chi connectivity index (χ2v) is 5.94. The van der Waals surface area contributed by atoms with Gasteiger partial charge in [-0.3, -0.25) is 9.59 Å². The summed E-state index contributed by atoms with van der Waals surface area (Å²) in [6.45, 7) is 10.8. The summed E-state index contributed by atoms with van der Waals surface area (Å²) >= 11 is 0. The normalized spacial score (nSPS) is 13.7. The number of hydrogen-bond acceptors (Lipinski definition) is 2. The zero-order valence-electron chi connectivity index (χ0n) is 15.1. The van der Waals surface area contributed by atoms with Gasteiger partial charge in [0.1, 0.15) is 5.41 Å². The van der Waals surface area contributed by atoms with Crippen molar-refractivity contribution in [3.8, 4) is 0 Å². The predicted molar refractivity (Wildman–Crippen MR) is 96.9 cm³/mol. The fraction of sp³-hybridized carbons (Fsp3) is 0.684. The molecule has 0 aliphatic carbocycles. The molecule has 0 rings (SSSR count). The van der Waals surface area contributed by atoms with Crippen LogP contribution in [-0.2, 0) is 9.59 Å². The van der Waals surface area contributed by atoms with Gasteiger partial charge in [-0.05, 0) is 39.5 Å².